The molecule has 0 saturated carbocycles. The van der Waals surface area contributed by atoms with Gasteiger partial charge in [-0.1, -0.05) is 82.4 Å². The molecular formula is C18H32O. The Morgan fingerprint density at radius 3 is 2.21 bits per heavy atom. The highest BCUT2D eigenvalue weighted by atomic mass is 16.3. The molecule has 0 spiro atoms. The molecule has 0 radical (unpaired) electrons. The van der Waals surface area contributed by atoms with E-state index < -0.39 is 0 Å². The van der Waals surface area contributed by atoms with Gasteiger partial charge in [-0.25, -0.2) is 0 Å². The van der Waals surface area contributed by atoms with Gasteiger partial charge in [0.15, 0.2) is 0 Å². The molecule has 1 nitrogen and oxygen atoms in total. The summed E-state index contributed by atoms with van der Waals surface area (Å²) in [6.07, 6.45) is 21.7. The van der Waals surface area contributed by atoms with Crippen LogP contribution in [0.15, 0.2) is 37.0 Å². The van der Waals surface area contributed by atoms with Gasteiger partial charge in [0.05, 0.1) is 6.10 Å². The lowest BCUT2D eigenvalue weighted by atomic mass is 10.0. The molecule has 19 heavy (non-hydrogen) atoms. The fourth-order valence-corrected chi connectivity index (χ4v) is 2.09. The van der Waals surface area contributed by atoms with Crippen molar-refractivity contribution in [3.8, 4) is 0 Å². The summed E-state index contributed by atoms with van der Waals surface area (Å²) in [7, 11) is 0. The molecule has 0 aromatic carbocycles. The molecule has 110 valence electrons. The van der Waals surface area contributed by atoms with Gasteiger partial charge >= 0.3 is 0 Å². The van der Waals surface area contributed by atoms with Gasteiger partial charge in [0.2, 0.25) is 0 Å². The van der Waals surface area contributed by atoms with E-state index in [-0.39, 0.29) is 6.10 Å². The number of allylic oxidation sites excluding steroid dienone is 5. The smallest absolute Gasteiger partial charge is 0.0540 e. The summed E-state index contributed by atoms with van der Waals surface area (Å²) in [5, 5.41) is 9.82. The van der Waals surface area contributed by atoms with Crippen LogP contribution in [0.25, 0.3) is 0 Å². The zero-order valence-electron chi connectivity index (χ0n) is 12.7. The second-order valence-electron chi connectivity index (χ2n) is 5.19. The molecule has 1 atom stereocenters. The Hall–Kier alpha value is -0.820. The van der Waals surface area contributed by atoms with E-state index >= 15 is 0 Å². The molecule has 0 heterocycles. The van der Waals surface area contributed by atoms with E-state index in [0.717, 1.165) is 25.7 Å². The predicted octanol–water partition coefficient (Wildman–Crippen LogP) is 5.57. The van der Waals surface area contributed by atoms with Crippen LogP contribution in [0.5, 0.6) is 0 Å². The molecule has 0 rings (SSSR count). The number of aliphatic hydroxyl groups excluding tert-OH is 1. The molecule has 0 aromatic rings. The Balaban J connectivity index is 3.26. The molecule has 0 amide bonds. The van der Waals surface area contributed by atoms with Gasteiger partial charge in [0.25, 0.3) is 0 Å². The molecule has 1 N–H and O–H groups in total. The second-order valence-corrected chi connectivity index (χ2v) is 5.19. The first-order chi connectivity index (χ1) is 9.31. The quantitative estimate of drug-likeness (QED) is 0.341. The second kappa shape index (κ2) is 15.2. The zero-order valence-corrected chi connectivity index (χ0v) is 12.7. The lowest BCUT2D eigenvalue weighted by Gasteiger charge is -2.09. The summed E-state index contributed by atoms with van der Waals surface area (Å²) in [6.45, 7) is 5.84. The minimum absolute atomic E-state index is 0.0667. The van der Waals surface area contributed by atoms with Crippen molar-refractivity contribution in [2.75, 3.05) is 0 Å². The maximum absolute atomic E-state index is 9.82. The van der Waals surface area contributed by atoms with Crippen molar-refractivity contribution >= 4 is 0 Å². The molecule has 1 heteroatoms. The number of rotatable bonds is 13. The Labute approximate surface area is 120 Å². The highest BCUT2D eigenvalue weighted by Crippen LogP contribution is 2.12. The van der Waals surface area contributed by atoms with Crippen LogP contribution in [0, 0.1) is 0 Å². The lowest BCUT2D eigenvalue weighted by molar-refractivity contribution is 0.147. The number of unbranched alkanes of at least 4 members (excludes halogenated alkanes) is 6. The van der Waals surface area contributed by atoms with Crippen LogP contribution in [0.3, 0.4) is 0 Å². The Morgan fingerprint density at radius 2 is 1.58 bits per heavy atom. The highest BCUT2D eigenvalue weighted by Gasteiger charge is 2.02. The van der Waals surface area contributed by atoms with Crippen LogP contribution in [0.1, 0.15) is 71.1 Å². The van der Waals surface area contributed by atoms with Crippen LogP contribution < -0.4 is 0 Å². The molecule has 0 saturated heterocycles. The van der Waals surface area contributed by atoms with E-state index in [1.54, 1.807) is 6.08 Å². The number of hydrogen-bond acceptors (Lipinski definition) is 1. The van der Waals surface area contributed by atoms with Gasteiger partial charge in [-0.05, 0) is 25.7 Å². The SMILES string of the molecule is C=C/C=C\C=CCCCCCC(O)CCCCCC. The van der Waals surface area contributed by atoms with Crippen LogP contribution in [-0.2, 0) is 0 Å². The molecule has 1 unspecified atom stereocenters. The third kappa shape index (κ3) is 15.1. The van der Waals surface area contributed by atoms with Crippen molar-refractivity contribution in [2.45, 2.75) is 77.2 Å². The predicted molar refractivity (Wildman–Crippen MR) is 86.3 cm³/mol. The molecule has 0 aliphatic rings. The monoisotopic (exact) mass is 264 g/mol. The number of hydrogen-bond donors (Lipinski definition) is 1. The molecule has 0 aliphatic heterocycles. The molecule has 0 bridgehead atoms. The first-order valence-corrected chi connectivity index (χ1v) is 7.93. The Kier molecular flexibility index (Phi) is 14.6. The van der Waals surface area contributed by atoms with E-state index in [4.69, 9.17) is 0 Å². The first-order valence-electron chi connectivity index (χ1n) is 7.93. The van der Waals surface area contributed by atoms with Crippen LogP contribution in [-0.4, -0.2) is 11.2 Å². The zero-order chi connectivity index (χ0) is 14.2. The summed E-state index contributed by atoms with van der Waals surface area (Å²) >= 11 is 0. The maximum atomic E-state index is 9.82. The van der Waals surface area contributed by atoms with E-state index in [1.807, 2.05) is 12.2 Å². The van der Waals surface area contributed by atoms with Crippen molar-refractivity contribution in [2.24, 2.45) is 0 Å². The largest absolute Gasteiger partial charge is 0.393 e. The van der Waals surface area contributed by atoms with Crippen LogP contribution in [0.2, 0.25) is 0 Å². The van der Waals surface area contributed by atoms with Crippen molar-refractivity contribution < 1.29 is 5.11 Å². The summed E-state index contributed by atoms with van der Waals surface area (Å²) in [5.74, 6) is 0. The minimum atomic E-state index is -0.0667. The van der Waals surface area contributed by atoms with Gasteiger partial charge in [-0.2, -0.15) is 0 Å². The first kappa shape index (κ1) is 18.2. The molecule has 0 aromatic heterocycles. The van der Waals surface area contributed by atoms with Crippen LogP contribution >= 0.6 is 0 Å². The van der Waals surface area contributed by atoms with Crippen molar-refractivity contribution in [1.82, 2.24) is 0 Å². The third-order valence-electron chi connectivity index (χ3n) is 3.29. The standard InChI is InChI=1S/C18H32O/c1-3-5-7-9-10-11-12-13-15-17-18(19)16-14-8-6-4-2/h3,5,7,9-10,18-19H,1,4,6,8,11-17H2,2H3/b7-5-,10-9?. The topological polar surface area (TPSA) is 20.2 Å². The van der Waals surface area contributed by atoms with Gasteiger partial charge in [-0.15, -0.1) is 0 Å². The molecular weight excluding hydrogens is 232 g/mol. The van der Waals surface area contributed by atoms with Crippen LogP contribution in [0.4, 0.5) is 0 Å². The van der Waals surface area contributed by atoms with E-state index in [2.05, 4.69) is 25.7 Å². The van der Waals surface area contributed by atoms with Crippen molar-refractivity contribution in [3.63, 3.8) is 0 Å². The molecule has 0 fully saturated rings. The van der Waals surface area contributed by atoms with E-state index in [1.165, 1.54) is 38.5 Å². The van der Waals surface area contributed by atoms with Gasteiger partial charge in [0.1, 0.15) is 0 Å². The maximum Gasteiger partial charge on any atom is 0.0540 e. The van der Waals surface area contributed by atoms with Crippen molar-refractivity contribution in [1.29, 1.82) is 0 Å². The van der Waals surface area contributed by atoms with Gasteiger partial charge < -0.3 is 5.11 Å². The lowest BCUT2D eigenvalue weighted by Crippen LogP contribution is -2.05. The van der Waals surface area contributed by atoms with Gasteiger partial charge in [-0.3, -0.25) is 0 Å². The van der Waals surface area contributed by atoms with E-state index in [9.17, 15) is 5.11 Å². The Morgan fingerprint density at radius 1 is 0.895 bits per heavy atom. The average molecular weight is 264 g/mol. The fourth-order valence-electron chi connectivity index (χ4n) is 2.09. The van der Waals surface area contributed by atoms with Gasteiger partial charge in [0, 0.05) is 0 Å². The normalized spacial score (nSPS) is 13.4. The summed E-state index contributed by atoms with van der Waals surface area (Å²) < 4.78 is 0. The van der Waals surface area contributed by atoms with E-state index in [0.29, 0.717) is 0 Å². The Bertz CT molecular complexity index is 240. The molecule has 0 aliphatic carbocycles. The summed E-state index contributed by atoms with van der Waals surface area (Å²) in [6, 6.07) is 0. The highest BCUT2D eigenvalue weighted by molar-refractivity contribution is 5.08. The third-order valence-corrected chi connectivity index (χ3v) is 3.29. The summed E-state index contributed by atoms with van der Waals surface area (Å²) in [4.78, 5) is 0. The van der Waals surface area contributed by atoms with Crippen molar-refractivity contribution in [3.05, 3.63) is 37.0 Å². The number of aliphatic hydroxyl groups is 1. The minimum Gasteiger partial charge on any atom is -0.393 e. The fraction of sp³-hybridized carbons (Fsp3) is 0.667. The summed E-state index contributed by atoms with van der Waals surface area (Å²) in [5.41, 5.74) is 0. The average Bonchev–Trinajstić information content (AvgIpc) is 2.42.